The average Bonchev–Trinajstić information content (AvgIpc) is 3.48. The minimum absolute atomic E-state index is 0.0440. The van der Waals surface area contributed by atoms with E-state index in [0.717, 1.165) is 38.7 Å². The molecular formula is C40H47N3O8SSi. The maximum absolute atomic E-state index is 14.5. The van der Waals surface area contributed by atoms with Crippen molar-refractivity contribution in [3.8, 4) is 27.3 Å². The topological polar surface area (TPSA) is 142 Å². The van der Waals surface area contributed by atoms with Crippen molar-refractivity contribution in [1.82, 2.24) is 10.3 Å². The predicted octanol–water partition coefficient (Wildman–Crippen LogP) is 8.59. The van der Waals surface area contributed by atoms with Gasteiger partial charge < -0.3 is 29.6 Å². The van der Waals surface area contributed by atoms with Crippen LogP contribution in [0.1, 0.15) is 74.4 Å². The predicted molar refractivity (Wildman–Crippen MR) is 209 cm³/mol. The lowest BCUT2D eigenvalue weighted by Crippen LogP contribution is -2.32. The number of benzene rings is 2. The number of aryl methyl sites for hydroxylation is 2. The van der Waals surface area contributed by atoms with Gasteiger partial charge in [-0.1, -0.05) is 31.8 Å². The van der Waals surface area contributed by atoms with Gasteiger partial charge >= 0.3 is 18.0 Å². The van der Waals surface area contributed by atoms with E-state index < -0.39 is 37.6 Å². The summed E-state index contributed by atoms with van der Waals surface area (Å²) in [6, 6.07) is 13.2. The lowest BCUT2D eigenvalue weighted by atomic mass is 9.93. The number of pyridine rings is 1. The lowest BCUT2D eigenvalue weighted by Gasteiger charge is -2.20. The standard InChI is InChI=1S/C40H47N3O8SSi/c1-23-18-25(22-41-39(47)51-40(3,4)5)19-24(2)33(23)43-36(44)29-20-30-32(49-14-12-26-13-16-52-35(26)30)21-28(29)27-10-11-31(42-34(27)38(46)48-6)37(45)50-15-17-53(7,8)9/h10-11,13,16,18-21H,12,14-15,17,22H2,1-9H3,(H,41,47)(H,43,44). The number of aromatic nitrogens is 1. The minimum atomic E-state index is -1.46. The van der Waals surface area contributed by atoms with Crippen LogP contribution in [0.25, 0.3) is 21.6 Å². The van der Waals surface area contributed by atoms with Crippen LogP contribution in [0.15, 0.2) is 47.8 Å². The van der Waals surface area contributed by atoms with Crippen LogP contribution in [0.4, 0.5) is 10.5 Å². The highest BCUT2D eigenvalue weighted by atomic mass is 32.1. The van der Waals surface area contributed by atoms with Crippen molar-refractivity contribution in [2.45, 2.75) is 78.9 Å². The fourth-order valence-electron chi connectivity index (χ4n) is 5.92. The van der Waals surface area contributed by atoms with Gasteiger partial charge in [0, 0.05) is 53.9 Å². The number of alkyl carbamates (subject to hydrolysis) is 1. The molecule has 0 bridgehead atoms. The van der Waals surface area contributed by atoms with Crippen molar-refractivity contribution in [3.63, 3.8) is 0 Å². The molecule has 1 aliphatic heterocycles. The van der Waals surface area contributed by atoms with E-state index in [1.807, 2.05) is 31.4 Å². The van der Waals surface area contributed by atoms with Gasteiger partial charge in [0.15, 0.2) is 5.69 Å². The van der Waals surface area contributed by atoms with Crippen LogP contribution in [0, 0.1) is 13.8 Å². The monoisotopic (exact) mass is 757 g/mol. The van der Waals surface area contributed by atoms with E-state index in [4.69, 9.17) is 18.9 Å². The third kappa shape index (κ3) is 9.70. The number of ether oxygens (including phenoxy) is 4. The van der Waals surface area contributed by atoms with Crippen LogP contribution in [-0.4, -0.2) is 62.9 Å². The summed E-state index contributed by atoms with van der Waals surface area (Å²) in [5, 5.41) is 7.89. The molecule has 0 saturated carbocycles. The Labute approximate surface area is 315 Å². The van der Waals surface area contributed by atoms with Crippen LogP contribution in [0.2, 0.25) is 25.7 Å². The first kappa shape index (κ1) is 39.2. The van der Waals surface area contributed by atoms with Crippen LogP contribution in [-0.2, 0) is 27.2 Å². The summed E-state index contributed by atoms with van der Waals surface area (Å²) < 4.78 is 22.2. The second kappa shape index (κ2) is 15.9. The summed E-state index contributed by atoms with van der Waals surface area (Å²) in [7, 11) is -0.224. The Hall–Kier alpha value is -5.01. The maximum atomic E-state index is 14.5. The first-order chi connectivity index (χ1) is 24.9. The molecule has 0 aliphatic carbocycles. The van der Waals surface area contributed by atoms with Crippen molar-refractivity contribution in [3.05, 3.63) is 87.0 Å². The summed E-state index contributed by atoms with van der Waals surface area (Å²) in [5.74, 6) is -1.30. The summed E-state index contributed by atoms with van der Waals surface area (Å²) in [4.78, 5) is 58.4. The molecule has 4 aromatic rings. The Bertz CT molecular complexity index is 2040. The summed E-state index contributed by atoms with van der Waals surface area (Å²) in [6.45, 7) is 16.6. The molecule has 2 aromatic carbocycles. The van der Waals surface area contributed by atoms with Gasteiger partial charge in [-0.2, -0.15) is 0 Å². The Balaban J connectivity index is 1.55. The summed E-state index contributed by atoms with van der Waals surface area (Å²) in [5.41, 5.74) is 5.02. The number of hydrogen-bond donors (Lipinski definition) is 2. The molecule has 0 unspecified atom stereocenters. The van der Waals surface area contributed by atoms with Gasteiger partial charge in [0.2, 0.25) is 0 Å². The smallest absolute Gasteiger partial charge is 0.407 e. The fourth-order valence-corrected chi connectivity index (χ4v) is 7.61. The van der Waals surface area contributed by atoms with Gasteiger partial charge in [-0.05, 0) is 98.6 Å². The zero-order chi connectivity index (χ0) is 38.7. The molecule has 0 atom stereocenters. The Morgan fingerprint density at radius 1 is 0.943 bits per heavy atom. The molecule has 0 spiro atoms. The molecule has 5 rings (SSSR count). The first-order valence-corrected chi connectivity index (χ1v) is 22.1. The van der Waals surface area contributed by atoms with E-state index in [0.29, 0.717) is 35.6 Å². The number of rotatable bonds is 10. The number of amides is 2. The van der Waals surface area contributed by atoms with Gasteiger partial charge in [0.1, 0.15) is 17.0 Å². The summed E-state index contributed by atoms with van der Waals surface area (Å²) >= 11 is 1.56. The number of carbonyl (C=O) groups excluding carboxylic acids is 4. The van der Waals surface area contributed by atoms with E-state index >= 15 is 0 Å². The van der Waals surface area contributed by atoms with E-state index in [1.165, 1.54) is 13.2 Å². The van der Waals surface area contributed by atoms with Crippen LogP contribution >= 0.6 is 11.3 Å². The minimum Gasteiger partial charge on any atom is -0.493 e. The zero-order valence-electron chi connectivity index (χ0n) is 31.8. The van der Waals surface area contributed by atoms with Crippen LogP contribution in [0.5, 0.6) is 5.75 Å². The van der Waals surface area contributed by atoms with Gasteiger partial charge in [-0.15, -0.1) is 11.3 Å². The second-order valence-corrected chi connectivity index (χ2v) is 21.7. The highest BCUT2D eigenvalue weighted by Crippen LogP contribution is 2.43. The number of hydrogen-bond acceptors (Lipinski definition) is 10. The molecule has 280 valence electrons. The average molecular weight is 758 g/mol. The Morgan fingerprint density at radius 2 is 1.66 bits per heavy atom. The molecule has 1 aliphatic rings. The van der Waals surface area contributed by atoms with Crippen molar-refractivity contribution < 1.29 is 38.1 Å². The van der Waals surface area contributed by atoms with E-state index in [9.17, 15) is 19.2 Å². The van der Waals surface area contributed by atoms with E-state index in [1.54, 1.807) is 50.3 Å². The largest absolute Gasteiger partial charge is 0.493 e. The molecule has 3 heterocycles. The first-order valence-electron chi connectivity index (χ1n) is 17.5. The van der Waals surface area contributed by atoms with Crippen molar-refractivity contribution in [1.29, 1.82) is 0 Å². The quantitative estimate of drug-likeness (QED) is 0.0924. The highest BCUT2D eigenvalue weighted by Gasteiger charge is 2.28. The van der Waals surface area contributed by atoms with Crippen LogP contribution < -0.4 is 15.4 Å². The molecule has 2 amide bonds. The lowest BCUT2D eigenvalue weighted by molar-refractivity contribution is 0.0508. The fraction of sp³-hybridized carbons (Fsp3) is 0.375. The van der Waals surface area contributed by atoms with Gasteiger partial charge in [0.25, 0.3) is 5.91 Å². The SMILES string of the molecule is COC(=O)c1nc(C(=O)OCC[Si](C)(C)C)ccc1-c1cc2c(cc1C(=O)Nc1c(C)cc(CNC(=O)OC(C)(C)C)cc1C)-c1sccc1CCO2. The molecule has 13 heteroatoms. The second-order valence-electron chi connectivity index (χ2n) is 15.2. The van der Waals surface area contributed by atoms with Gasteiger partial charge in [-0.25, -0.2) is 19.4 Å². The number of anilines is 1. The number of nitrogens with one attached hydrogen (secondary N) is 2. The zero-order valence-corrected chi connectivity index (χ0v) is 33.6. The number of carbonyl (C=O) groups is 4. The normalized spacial score (nSPS) is 12.4. The van der Waals surface area contributed by atoms with Crippen molar-refractivity contribution >= 4 is 49.0 Å². The summed E-state index contributed by atoms with van der Waals surface area (Å²) in [6.07, 6.45) is 0.174. The van der Waals surface area contributed by atoms with Crippen molar-refractivity contribution in [2.24, 2.45) is 0 Å². The molecule has 2 aromatic heterocycles. The van der Waals surface area contributed by atoms with E-state index in [-0.39, 0.29) is 30.1 Å². The third-order valence-electron chi connectivity index (χ3n) is 8.51. The Kier molecular flexibility index (Phi) is 11.8. The number of methoxy groups -OCH3 is 1. The van der Waals surface area contributed by atoms with Crippen molar-refractivity contribution in [2.75, 3.05) is 25.6 Å². The molecular weight excluding hydrogens is 711 g/mol. The highest BCUT2D eigenvalue weighted by molar-refractivity contribution is 7.13. The molecule has 0 fully saturated rings. The molecule has 0 radical (unpaired) electrons. The molecule has 0 saturated heterocycles. The molecule has 11 nitrogen and oxygen atoms in total. The number of thiophene rings is 1. The Morgan fingerprint density at radius 3 is 2.32 bits per heavy atom. The van der Waals surface area contributed by atoms with E-state index in [2.05, 4.69) is 41.3 Å². The third-order valence-corrected chi connectivity index (χ3v) is 11.2. The van der Waals surface area contributed by atoms with Gasteiger partial charge in [-0.3, -0.25) is 4.79 Å². The van der Waals surface area contributed by atoms with Crippen LogP contribution in [0.3, 0.4) is 0 Å². The number of fused-ring (bicyclic) bond motifs is 3. The maximum Gasteiger partial charge on any atom is 0.407 e. The molecule has 2 N–H and O–H groups in total. The van der Waals surface area contributed by atoms with Gasteiger partial charge in [0.05, 0.1) is 20.3 Å². The molecule has 53 heavy (non-hydrogen) atoms. The number of esters is 2. The number of nitrogens with zero attached hydrogens (tertiary/aromatic N) is 1.